The normalized spacial score (nSPS) is 13.4. The Hall–Kier alpha value is -1.31. The number of carbonyl (C=O) groups is 1. The summed E-state index contributed by atoms with van der Waals surface area (Å²) in [4.78, 5) is 12.1. The van der Waals surface area contributed by atoms with Crippen molar-refractivity contribution < 1.29 is 9.53 Å². The molecule has 0 aliphatic carbocycles. The van der Waals surface area contributed by atoms with Crippen LogP contribution in [0.2, 0.25) is 0 Å². The zero-order valence-electron chi connectivity index (χ0n) is 16.9. The number of hydrogen-bond acceptors (Lipinski definition) is 2. The van der Waals surface area contributed by atoms with Gasteiger partial charge in [-0.15, -0.1) is 0 Å². The van der Waals surface area contributed by atoms with Crippen LogP contribution >= 0.6 is 0 Å². The van der Waals surface area contributed by atoms with E-state index >= 15 is 0 Å². The smallest absolute Gasteiger partial charge is 0.306 e. The Bertz CT molecular complexity index is 481. The van der Waals surface area contributed by atoms with Gasteiger partial charge < -0.3 is 4.74 Å². The number of esters is 1. The maximum atomic E-state index is 12.1. The molecule has 2 heteroatoms. The summed E-state index contributed by atoms with van der Waals surface area (Å²) in [5.41, 5.74) is 2.53. The van der Waals surface area contributed by atoms with Crippen molar-refractivity contribution in [2.75, 3.05) is 0 Å². The highest BCUT2D eigenvalue weighted by molar-refractivity contribution is 5.69. The summed E-state index contributed by atoms with van der Waals surface area (Å²) in [6.07, 6.45) is 11.9. The van der Waals surface area contributed by atoms with E-state index in [4.69, 9.17) is 4.74 Å². The highest BCUT2D eigenvalue weighted by Gasteiger charge is 2.19. The van der Waals surface area contributed by atoms with Crippen molar-refractivity contribution in [3.63, 3.8) is 0 Å². The first-order valence-corrected chi connectivity index (χ1v) is 10.3. The molecule has 0 aliphatic rings. The van der Waals surface area contributed by atoms with Crippen molar-refractivity contribution >= 4 is 5.97 Å². The van der Waals surface area contributed by atoms with E-state index in [0.717, 1.165) is 12.8 Å². The number of hydrogen-bond donors (Lipinski definition) is 0. The van der Waals surface area contributed by atoms with E-state index < -0.39 is 0 Å². The van der Waals surface area contributed by atoms with Gasteiger partial charge in [0.15, 0.2) is 0 Å². The number of carbonyl (C=O) groups excluding carboxylic acids is 1. The Morgan fingerprint density at radius 2 is 1.48 bits per heavy atom. The molecule has 0 aromatic heterocycles. The van der Waals surface area contributed by atoms with E-state index in [1.807, 2.05) is 13.0 Å². The molecule has 0 fully saturated rings. The van der Waals surface area contributed by atoms with Crippen LogP contribution in [-0.2, 0) is 9.53 Å². The summed E-state index contributed by atoms with van der Waals surface area (Å²) in [7, 11) is 0. The number of benzene rings is 1. The van der Waals surface area contributed by atoms with Gasteiger partial charge in [-0.05, 0) is 31.4 Å². The van der Waals surface area contributed by atoms with E-state index in [1.165, 1.54) is 56.1 Å². The molecule has 0 N–H and O–H groups in total. The fourth-order valence-electron chi connectivity index (χ4n) is 3.30. The Labute approximate surface area is 155 Å². The minimum Gasteiger partial charge on any atom is -0.462 e. The molecule has 0 heterocycles. The molecule has 2 unspecified atom stereocenters. The lowest BCUT2D eigenvalue weighted by Gasteiger charge is -2.22. The molecule has 1 rings (SSSR count). The Morgan fingerprint density at radius 3 is 2.08 bits per heavy atom. The van der Waals surface area contributed by atoms with E-state index in [-0.39, 0.29) is 18.0 Å². The second-order valence-corrected chi connectivity index (χ2v) is 7.42. The van der Waals surface area contributed by atoms with Crippen LogP contribution in [0.5, 0.6) is 0 Å². The average Bonchev–Trinajstić information content (AvgIpc) is 2.60. The zero-order chi connectivity index (χ0) is 18.5. The van der Waals surface area contributed by atoms with E-state index in [1.54, 1.807) is 0 Å². The number of rotatable bonds is 13. The molecule has 0 amide bonds. The summed E-state index contributed by atoms with van der Waals surface area (Å²) in [6.45, 7) is 8.51. The van der Waals surface area contributed by atoms with Gasteiger partial charge >= 0.3 is 5.97 Å². The summed E-state index contributed by atoms with van der Waals surface area (Å²) >= 11 is 0. The lowest BCUT2D eigenvalue weighted by molar-refractivity contribution is -0.149. The van der Waals surface area contributed by atoms with Crippen LogP contribution < -0.4 is 0 Å². The summed E-state index contributed by atoms with van der Waals surface area (Å²) < 4.78 is 5.65. The fraction of sp³-hybridized carbons (Fsp3) is 0.696. The highest BCUT2D eigenvalue weighted by atomic mass is 16.5. The lowest BCUT2D eigenvalue weighted by atomic mass is 9.92. The second-order valence-electron chi connectivity index (χ2n) is 7.42. The van der Waals surface area contributed by atoms with Crippen molar-refractivity contribution in [1.29, 1.82) is 0 Å². The van der Waals surface area contributed by atoms with E-state index in [2.05, 4.69) is 39.0 Å². The van der Waals surface area contributed by atoms with E-state index in [0.29, 0.717) is 6.42 Å². The standard InChI is InChI=1S/C23H38O2/c1-5-6-7-8-9-10-11-12-13-18-23(24)25-21(4)20(3)22-17-15-14-16-19(22)2/h14-17,20-21H,5-13,18H2,1-4H3. The van der Waals surface area contributed by atoms with Crippen LogP contribution in [0.4, 0.5) is 0 Å². The van der Waals surface area contributed by atoms with Crippen LogP contribution in [0, 0.1) is 6.92 Å². The highest BCUT2D eigenvalue weighted by Crippen LogP contribution is 2.24. The van der Waals surface area contributed by atoms with Crippen LogP contribution in [0.25, 0.3) is 0 Å². The summed E-state index contributed by atoms with van der Waals surface area (Å²) in [6, 6.07) is 8.34. The van der Waals surface area contributed by atoms with Gasteiger partial charge in [0.25, 0.3) is 0 Å². The summed E-state index contributed by atoms with van der Waals surface area (Å²) in [5.74, 6) is 0.184. The van der Waals surface area contributed by atoms with Crippen molar-refractivity contribution in [2.45, 2.75) is 104 Å². The van der Waals surface area contributed by atoms with Gasteiger partial charge in [-0.3, -0.25) is 4.79 Å². The Kier molecular flexibility index (Phi) is 11.3. The monoisotopic (exact) mass is 346 g/mol. The number of unbranched alkanes of at least 4 members (excludes halogenated alkanes) is 8. The molecule has 25 heavy (non-hydrogen) atoms. The molecule has 0 bridgehead atoms. The Balaban J connectivity index is 2.14. The largest absolute Gasteiger partial charge is 0.462 e. The SMILES string of the molecule is CCCCCCCCCCCC(=O)OC(C)C(C)c1ccccc1C. The van der Waals surface area contributed by atoms with Crippen LogP contribution in [0.1, 0.15) is 102 Å². The Morgan fingerprint density at radius 1 is 0.920 bits per heavy atom. The molecule has 0 saturated carbocycles. The first-order valence-electron chi connectivity index (χ1n) is 10.3. The first kappa shape index (κ1) is 21.7. The van der Waals surface area contributed by atoms with Gasteiger partial charge in [-0.25, -0.2) is 0 Å². The third-order valence-corrected chi connectivity index (χ3v) is 5.18. The van der Waals surface area contributed by atoms with Crippen molar-refractivity contribution in [2.24, 2.45) is 0 Å². The van der Waals surface area contributed by atoms with Crippen LogP contribution in [0.15, 0.2) is 24.3 Å². The van der Waals surface area contributed by atoms with Gasteiger partial charge in [0.1, 0.15) is 6.10 Å². The maximum absolute atomic E-state index is 12.1. The van der Waals surface area contributed by atoms with Gasteiger partial charge in [0.2, 0.25) is 0 Å². The fourth-order valence-corrected chi connectivity index (χ4v) is 3.30. The molecular weight excluding hydrogens is 308 g/mol. The topological polar surface area (TPSA) is 26.3 Å². The molecule has 142 valence electrons. The molecule has 1 aromatic rings. The third kappa shape index (κ3) is 9.09. The van der Waals surface area contributed by atoms with Gasteiger partial charge in [0.05, 0.1) is 0 Å². The average molecular weight is 347 g/mol. The second kappa shape index (κ2) is 13.0. The third-order valence-electron chi connectivity index (χ3n) is 5.18. The molecule has 2 nitrogen and oxygen atoms in total. The number of aryl methyl sites for hydroxylation is 1. The quantitative estimate of drug-likeness (QED) is 0.285. The predicted octanol–water partition coefficient (Wildman–Crippen LogP) is 6.95. The van der Waals surface area contributed by atoms with Crippen molar-refractivity contribution in [1.82, 2.24) is 0 Å². The minimum atomic E-state index is -0.0767. The lowest BCUT2D eigenvalue weighted by Crippen LogP contribution is -2.21. The molecule has 2 atom stereocenters. The minimum absolute atomic E-state index is 0.0455. The molecule has 0 saturated heterocycles. The molecule has 0 spiro atoms. The summed E-state index contributed by atoms with van der Waals surface area (Å²) in [5, 5.41) is 0. The zero-order valence-corrected chi connectivity index (χ0v) is 16.9. The van der Waals surface area contributed by atoms with Crippen LogP contribution in [-0.4, -0.2) is 12.1 Å². The predicted molar refractivity (Wildman–Crippen MR) is 107 cm³/mol. The molecule has 0 aliphatic heterocycles. The van der Waals surface area contributed by atoms with Crippen LogP contribution in [0.3, 0.4) is 0 Å². The van der Waals surface area contributed by atoms with Gasteiger partial charge in [0, 0.05) is 12.3 Å². The molecule has 1 aromatic carbocycles. The molecular formula is C23H38O2. The first-order chi connectivity index (χ1) is 12.1. The van der Waals surface area contributed by atoms with Gasteiger partial charge in [-0.1, -0.05) is 89.5 Å². The maximum Gasteiger partial charge on any atom is 0.306 e. The van der Waals surface area contributed by atoms with E-state index in [9.17, 15) is 4.79 Å². The van der Waals surface area contributed by atoms with Gasteiger partial charge in [-0.2, -0.15) is 0 Å². The molecule has 0 radical (unpaired) electrons. The number of ether oxygens (including phenoxy) is 1. The van der Waals surface area contributed by atoms with Crippen molar-refractivity contribution in [3.05, 3.63) is 35.4 Å². The van der Waals surface area contributed by atoms with Crippen molar-refractivity contribution in [3.8, 4) is 0 Å².